The second kappa shape index (κ2) is 5.46. The van der Waals surface area contributed by atoms with E-state index in [2.05, 4.69) is 4.72 Å². The van der Waals surface area contributed by atoms with E-state index in [1.807, 2.05) is 0 Å². The Morgan fingerprint density at radius 3 is 2.42 bits per heavy atom. The lowest BCUT2D eigenvalue weighted by Crippen LogP contribution is -2.26. The smallest absolute Gasteiger partial charge is 0.241 e. The van der Waals surface area contributed by atoms with Crippen molar-refractivity contribution in [3.05, 3.63) is 48.4 Å². The first kappa shape index (κ1) is 13.6. The first-order valence-corrected chi connectivity index (χ1v) is 7.21. The molecule has 0 aliphatic heterocycles. The fourth-order valence-corrected chi connectivity index (χ4v) is 2.86. The van der Waals surface area contributed by atoms with Crippen molar-refractivity contribution in [3.8, 4) is 5.75 Å². The van der Waals surface area contributed by atoms with Gasteiger partial charge in [0.25, 0.3) is 0 Å². The molecule has 1 atom stereocenters. The average Bonchev–Trinajstić information content (AvgIpc) is 2.92. The van der Waals surface area contributed by atoms with Gasteiger partial charge in [-0.3, -0.25) is 0 Å². The molecule has 0 spiro atoms. The fraction of sp³-hybridized carbons (Fsp3) is 0.231. The maximum atomic E-state index is 12.1. The van der Waals surface area contributed by atoms with Gasteiger partial charge in [0.05, 0.1) is 24.3 Å². The molecule has 0 aliphatic carbocycles. The third kappa shape index (κ3) is 3.15. The van der Waals surface area contributed by atoms with Crippen molar-refractivity contribution in [3.63, 3.8) is 0 Å². The number of hydrogen-bond donors (Lipinski definition) is 1. The molecule has 0 amide bonds. The van der Waals surface area contributed by atoms with Gasteiger partial charge in [0.1, 0.15) is 11.5 Å². The molecule has 0 bridgehead atoms. The molecular weight excluding hydrogens is 266 g/mol. The third-order valence-electron chi connectivity index (χ3n) is 2.67. The molecule has 1 aromatic heterocycles. The molecule has 2 aromatic rings. The van der Waals surface area contributed by atoms with E-state index in [1.54, 1.807) is 31.2 Å². The fourth-order valence-electron chi connectivity index (χ4n) is 1.65. The van der Waals surface area contributed by atoms with Crippen LogP contribution < -0.4 is 9.46 Å². The number of nitrogens with one attached hydrogen (secondary N) is 1. The predicted octanol–water partition coefficient (Wildman–Crippen LogP) is 2.33. The van der Waals surface area contributed by atoms with Gasteiger partial charge >= 0.3 is 0 Å². The molecule has 102 valence electrons. The van der Waals surface area contributed by atoms with Crippen LogP contribution in [-0.2, 0) is 10.0 Å². The molecule has 1 unspecified atom stereocenters. The van der Waals surface area contributed by atoms with Crippen molar-refractivity contribution in [1.82, 2.24) is 4.72 Å². The molecule has 0 fully saturated rings. The molecule has 0 radical (unpaired) electrons. The molecular formula is C13H15NO4S. The second-order valence-corrected chi connectivity index (χ2v) is 5.75. The van der Waals surface area contributed by atoms with Crippen LogP contribution in [0.25, 0.3) is 0 Å². The van der Waals surface area contributed by atoms with Crippen LogP contribution >= 0.6 is 0 Å². The molecule has 2 rings (SSSR count). The van der Waals surface area contributed by atoms with E-state index in [9.17, 15) is 8.42 Å². The van der Waals surface area contributed by atoms with Crippen LogP contribution in [-0.4, -0.2) is 15.5 Å². The Kier molecular flexibility index (Phi) is 3.92. The molecule has 0 aliphatic rings. The first-order chi connectivity index (χ1) is 9.03. The van der Waals surface area contributed by atoms with Crippen molar-refractivity contribution in [1.29, 1.82) is 0 Å². The number of sulfonamides is 1. The van der Waals surface area contributed by atoms with Crippen molar-refractivity contribution in [2.75, 3.05) is 7.11 Å². The number of methoxy groups -OCH3 is 1. The van der Waals surface area contributed by atoms with Gasteiger partial charge in [-0.2, -0.15) is 0 Å². The third-order valence-corrected chi connectivity index (χ3v) is 4.23. The van der Waals surface area contributed by atoms with Gasteiger partial charge < -0.3 is 9.15 Å². The Bertz CT molecular complexity index is 617. The predicted molar refractivity (Wildman–Crippen MR) is 70.4 cm³/mol. The Hall–Kier alpha value is -1.79. The van der Waals surface area contributed by atoms with Crippen LogP contribution in [0.3, 0.4) is 0 Å². The van der Waals surface area contributed by atoms with Gasteiger partial charge in [-0.1, -0.05) is 0 Å². The number of furan rings is 1. The summed E-state index contributed by atoms with van der Waals surface area (Å²) in [5.41, 5.74) is 0. The Balaban J connectivity index is 2.17. The normalized spacial score (nSPS) is 13.2. The van der Waals surface area contributed by atoms with Crippen LogP contribution in [0.4, 0.5) is 0 Å². The van der Waals surface area contributed by atoms with Crippen LogP contribution in [0.5, 0.6) is 5.75 Å². The maximum Gasteiger partial charge on any atom is 0.241 e. The van der Waals surface area contributed by atoms with E-state index in [-0.39, 0.29) is 4.90 Å². The first-order valence-electron chi connectivity index (χ1n) is 5.73. The number of benzene rings is 1. The Morgan fingerprint density at radius 1 is 1.21 bits per heavy atom. The van der Waals surface area contributed by atoms with Crippen LogP contribution in [0.1, 0.15) is 18.7 Å². The summed E-state index contributed by atoms with van der Waals surface area (Å²) in [5.74, 6) is 1.18. The zero-order valence-electron chi connectivity index (χ0n) is 10.7. The number of rotatable bonds is 5. The molecule has 1 aromatic carbocycles. The topological polar surface area (TPSA) is 68.5 Å². The van der Waals surface area contributed by atoms with Gasteiger partial charge in [-0.15, -0.1) is 0 Å². The summed E-state index contributed by atoms with van der Waals surface area (Å²) in [6.07, 6.45) is 1.51. The molecule has 19 heavy (non-hydrogen) atoms. The summed E-state index contributed by atoms with van der Waals surface area (Å²) in [5, 5.41) is 0. The van der Waals surface area contributed by atoms with E-state index in [0.717, 1.165) is 0 Å². The highest BCUT2D eigenvalue weighted by molar-refractivity contribution is 7.89. The maximum absolute atomic E-state index is 12.1. The minimum atomic E-state index is -3.58. The van der Waals surface area contributed by atoms with E-state index in [0.29, 0.717) is 11.5 Å². The zero-order chi connectivity index (χ0) is 13.9. The van der Waals surface area contributed by atoms with Gasteiger partial charge in [-0.05, 0) is 43.3 Å². The lowest BCUT2D eigenvalue weighted by Gasteiger charge is -2.12. The summed E-state index contributed by atoms with van der Waals surface area (Å²) in [4.78, 5) is 0.187. The van der Waals surface area contributed by atoms with E-state index < -0.39 is 16.1 Å². The van der Waals surface area contributed by atoms with Crippen LogP contribution in [0.15, 0.2) is 52.0 Å². The molecule has 1 N–H and O–H groups in total. The SMILES string of the molecule is COc1ccc(S(=O)(=O)NC(C)c2ccco2)cc1. The minimum absolute atomic E-state index is 0.187. The van der Waals surface area contributed by atoms with Gasteiger partial charge in [0.2, 0.25) is 10.0 Å². The lowest BCUT2D eigenvalue weighted by atomic mass is 10.3. The summed E-state index contributed by atoms with van der Waals surface area (Å²) >= 11 is 0. The van der Waals surface area contributed by atoms with Crippen LogP contribution in [0.2, 0.25) is 0 Å². The second-order valence-electron chi connectivity index (χ2n) is 4.03. The Morgan fingerprint density at radius 2 is 1.89 bits per heavy atom. The number of hydrogen-bond acceptors (Lipinski definition) is 4. The van der Waals surface area contributed by atoms with E-state index >= 15 is 0 Å². The molecule has 0 saturated carbocycles. The van der Waals surface area contributed by atoms with Crippen molar-refractivity contribution in [2.45, 2.75) is 17.9 Å². The zero-order valence-corrected chi connectivity index (χ0v) is 11.5. The monoisotopic (exact) mass is 281 g/mol. The van der Waals surface area contributed by atoms with Crippen molar-refractivity contribution >= 4 is 10.0 Å². The van der Waals surface area contributed by atoms with Gasteiger partial charge in [-0.25, -0.2) is 13.1 Å². The molecule has 1 heterocycles. The standard InChI is InChI=1S/C13H15NO4S/c1-10(13-4-3-9-18-13)14-19(15,16)12-7-5-11(17-2)6-8-12/h3-10,14H,1-2H3. The summed E-state index contributed by atoms with van der Waals surface area (Å²) < 4.78 is 37.0. The largest absolute Gasteiger partial charge is 0.497 e. The molecule has 0 saturated heterocycles. The van der Waals surface area contributed by atoms with E-state index in [1.165, 1.54) is 25.5 Å². The highest BCUT2D eigenvalue weighted by Crippen LogP contribution is 2.19. The van der Waals surface area contributed by atoms with Crippen LogP contribution in [0, 0.1) is 0 Å². The summed E-state index contributed by atoms with van der Waals surface area (Å²) in [7, 11) is -2.05. The van der Waals surface area contributed by atoms with Gasteiger partial charge in [0, 0.05) is 0 Å². The average molecular weight is 281 g/mol. The van der Waals surface area contributed by atoms with E-state index in [4.69, 9.17) is 9.15 Å². The molecule has 5 nitrogen and oxygen atoms in total. The molecule has 6 heteroatoms. The van der Waals surface area contributed by atoms with Crippen molar-refractivity contribution < 1.29 is 17.6 Å². The highest BCUT2D eigenvalue weighted by atomic mass is 32.2. The van der Waals surface area contributed by atoms with Crippen molar-refractivity contribution in [2.24, 2.45) is 0 Å². The lowest BCUT2D eigenvalue weighted by molar-refractivity contribution is 0.414. The summed E-state index contributed by atoms with van der Waals surface area (Å²) in [6.45, 7) is 1.72. The minimum Gasteiger partial charge on any atom is -0.497 e. The summed E-state index contributed by atoms with van der Waals surface area (Å²) in [6, 6.07) is 9.21. The highest BCUT2D eigenvalue weighted by Gasteiger charge is 2.19. The quantitative estimate of drug-likeness (QED) is 0.913. The Labute approximate surface area is 112 Å². The van der Waals surface area contributed by atoms with Gasteiger partial charge in [0.15, 0.2) is 0 Å². The number of ether oxygens (including phenoxy) is 1.